The van der Waals surface area contributed by atoms with Crippen LogP contribution in [0, 0.1) is 5.92 Å². The lowest BCUT2D eigenvalue weighted by molar-refractivity contribution is -0.126. The number of anilines is 1. The second kappa shape index (κ2) is 9.13. The number of halogens is 1. The SMILES string of the molecule is O=C(NCCCn1ccnc1-c1ccccc1)C1CC(=O)N(c2ccc(Cl)cc2)C1. The number of amides is 2. The number of hydrogen-bond donors (Lipinski definition) is 1. The van der Waals surface area contributed by atoms with Gasteiger partial charge in [0.2, 0.25) is 11.8 Å². The van der Waals surface area contributed by atoms with Crippen molar-refractivity contribution in [2.24, 2.45) is 5.92 Å². The summed E-state index contributed by atoms with van der Waals surface area (Å²) < 4.78 is 2.09. The van der Waals surface area contributed by atoms with Gasteiger partial charge in [-0.3, -0.25) is 9.59 Å². The lowest BCUT2D eigenvalue weighted by Crippen LogP contribution is -2.33. The Labute approximate surface area is 180 Å². The Morgan fingerprint density at radius 1 is 1.13 bits per heavy atom. The summed E-state index contributed by atoms with van der Waals surface area (Å²) >= 11 is 5.91. The van der Waals surface area contributed by atoms with Gasteiger partial charge in [0.1, 0.15) is 5.82 Å². The minimum Gasteiger partial charge on any atom is -0.356 e. The first-order chi connectivity index (χ1) is 14.6. The molecule has 1 atom stereocenters. The topological polar surface area (TPSA) is 67.2 Å². The normalized spacial score (nSPS) is 16.1. The molecule has 0 aliphatic carbocycles. The summed E-state index contributed by atoms with van der Waals surface area (Å²) in [6.07, 6.45) is 4.75. The maximum absolute atomic E-state index is 12.5. The number of hydrogen-bond acceptors (Lipinski definition) is 3. The fourth-order valence-electron chi connectivity index (χ4n) is 3.70. The number of carbonyl (C=O) groups is 2. The second-order valence-corrected chi connectivity index (χ2v) is 7.77. The Balaban J connectivity index is 1.27. The highest BCUT2D eigenvalue weighted by atomic mass is 35.5. The van der Waals surface area contributed by atoms with Crippen molar-refractivity contribution in [1.82, 2.24) is 14.9 Å². The van der Waals surface area contributed by atoms with Gasteiger partial charge in [-0.2, -0.15) is 0 Å². The third kappa shape index (κ3) is 4.54. The average molecular weight is 423 g/mol. The van der Waals surface area contributed by atoms with E-state index in [1.165, 1.54) is 0 Å². The molecule has 2 amide bonds. The summed E-state index contributed by atoms with van der Waals surface area (Å²) in [5.74, 6) is 0.473. The number of carbonyl (C=O) groups excluding carboxylic acids is 2. The van der Waals surface area contributed by atoms with E-state index in [2.05, 4.69) is 14.9 Å². The zero-order valence-corrected chi connectivity index (χ0v) is 17.3. The van der Waals surface area contributed by atoms with Gasteiger partial charge in [-0.15, -0.1) is 0 Å². The van der Waals surface area contributed by atoms with Crippen molar-refractivity contribution in [3.8, 4) is 11.4 Å². The van der Waals surface area contributed by atoms with Gasteiger partial charge in [0, 0.05) is 54.7 Å². The third-order valence-corrected chi connectivity index (χ3v) is 5.51. The summed E-state index contributed by atoms with van der Waals surface area (Å²) in [6, 6.07) is 17.1. The first-order valence-electron chi connectivity index (χ1n) is 10.0. The van der Waals surface area contributed by atoms with Crippen LogP contribution in [-0.2, 0) is 16.1 Å². The molecule has 30 heavy (non-hydrogen) atoms. The summed E-state index contributed by atoms with van der Waals surface area (Å²) in [7, 11) is 0. The number of imidazole rings is 1. The van der Waals surface area contributed by atoms with Gasteiger partial charge in [0.05, 0.1) is 5.92 Å². The van der Waals surface area contributed by atoms with E-state index in [0.29, 0.717) is 18.1 Å². The Hall–Kier alpha value is -3.12. The van der Waals surface area contributed by atoms with Crippen LogP contribution in [0.5, 0.6) is 0 Å². The highest BCUT2D eigenvalue weighted by Gasteiger charge is 2.34. The van der Waals surface area contributed by atoms with Gasteiger partial charge in [-0.25, -0.2) is 4.98 Å². The molecule has 2 heterocycles. The van der Waals surface area contributed by atoms with E-state index in [4.69, 9.17) is 11.6 Å². The third-order valence-electron chi connectivity index (χ3n) is 5.26. The summed E-state index contributed by atoms with van der Waals surface area (Å²) in [5.41, 5.74) is 1.84. The van der Waals surface area contributed by atoms with Crippen LogP contribution in [0.4, 0.5) is 5.69 Å². The molecule has 4 rings (SSSR count). The van der Waals surface area contributed by atoms with Gasteiger partial charge >= 0.3 is 0 Å². The number of benzene rings is 2. The van der Waals surface area contributed by atoms with Crippen LogP contribution in [0.1, 0.15) is 12.8 Å². The molecule has 1 aliphatic rings. The van der Waals surface area contributed by atoms with E-state index in [1.54, 1.807) is 35.4 Å². The van der Waals surface area contributed by atoms with E-state index in [0.717, 1.165) is 30.0 Å². The van der Waals surface area contributed by atoms with Crippen molar-refractivity contribution in [2.75, 3.05) is 18.0 Å². The van der Waals surface area contributed by atoms with E-state index in [9.17, 15) is 9.59 Å². The first kappa shape index (κ1) is 20.2. The van der Waals surface area contributed by atoms with E-state index >= 15 is 0 Å². The number of aromatic nitrogens is 2. The van der Waals surface area contributed by atoms with E-state index in [-0.39, 0.29) is 24.2 Å². The summed E-state index contributed by atoms with van der Waals surface area (Å²) in [5, 5.41) is 3.59. The van der Waals surface area contributed by atoms with Crippen LogP contribution >= 0.6 is 11.6 Å². The molecule has 1 aliphatic heterocycles. The van der Waals surface area contributed by atoms with Crippen LogP contribution in [0.3, 0.4) is 0 Å². The number of nitrogens with zero attached hydrogens (tertiary/aromatic N) is 3. The molecule has 0 radical (unpaired) electrons. The van der Waals surface area contributed by atoms with E-state index in [1.807, 2.05) is 36.5 Å². The minimum atomic E-state index is -0.332. The van der Waals surface area contributed by atoms with Crippen LogP contribution in [0.2, 0.25) is 5.02 Å². The van der Waals surface area contributed by atoms with Crippen LogP contribution in [-0.4, -0.2) is 34.5 Å². The molecule has 154 valence electrons. The van der Waals surface area contributed by atoms with Gasteiger partial charge in [0.25, 0.3) is 0 Å². The molecule has 1 aromatic heterocycles. The van der Waals surface area contributed by atoms with E-state index < -0.39 is 0 Å². The smallest absolute Gasteiger partial charge is 0.227 e. The number of rotatable bonds is 7. The Kier molecular flexibility index (Phi) is 6.14. The number of nitrogens with one attached hydrogen (secondary N) is 1. The van der Waals surface area contributed by atoms with Gasteiger partial charge in [-0.05, 0) is 30.7 Å². The quantitative estimate of drug-likeness (QED) is 0.589. The fourth-order valence-corrected chi connectivity index (χ4v) is 3.82. The summed E-state index contributed by atoms with van der Waals surface area (Å²) in [4.78, 5) is 31.0. The van der Waals surface area contributed by atoms with Crippen LogP contribution in [0.25, 0.3) is 11.4 Å². The monoisotopic (exact) mass is 422 g/mol. The maximum atomic E-state index is 12.5. The molecule has 3 aromatic rings. The van der Waals surface area contributed by atoms with Crippen molar-refractivity contribution in [3.05, 3.63) is 72.0 Å². The van der Waals surface area contributed by atoms with Crippen molar-refractivity contribution in [3.63, 3.8) is 0 Å². The Morgan fingerprint density at radius 2 is 1.90 bits per heavy atom. The molecule has 7 heteroatoms. The first-order valence-corrected chi connectivity index (χ1v) is 10.4. The molecule has 2 aromatic carbocycles. The largest absolute Gasteiger partial charge is 0.356 e. The Morgan fingerprint density at radius 3 is 2.67 bits per heavy atom. The van der Waals surface area contributed by atoms with Crippen molar-refractivity contribution in [1.29, 1.82) is 0 Å². The minimum absolute atomic E-state index is 0.0385. The highest BCUT2D eigenvalue weighted by Crippen LogP contribution is 2.26. The molecule has 0 bridgehead atoms. The van der Waals surface area contributed by atoms with Gasteiger partial charge < -0.3 is 14.8 Å². The molecule has 0 spiro atoms. The van der Waals surface area contributed by atoms with Crippen LogP contribution in [0.15, 0.2) is 67.0 Å². The van der Waals surface area contributed by atoms with Crippen molar-refractivity contribution in [2.45, 2.75) is 19.4 Å². The van der Waals surface area contributed by atoms with Gasteiger partial charge in [0.15, 0.2) is 0 Å². The summed E-state index contributed by atoms with van der Waals surface area (Å²) in [6.45, 7) is 1.70. The fraction of sp³-hybridized carbons (Fsp3) is 0.261. The lowest BCUT2D eigenvalue weighted by Gasteiger charge is -2.17. The molecule has 1 saturated heterocycles. The second-order valence-electron chi connectivity index (χ2n) is 7.34. The maximum Gasteiger partial charge on any atom is 0.227 e. The predicted octanol–water partition coefficient (Wildman–Crippen LogP) is 3.76. The molecule has 0 saturated carbocycles. The predicted molar refractivity (Wildman–Crippen MR) is 117 cm³/mol. The average Bonchev–Trinajstić information content (AvgIpc) is 3.39. The molecular formula is C23H23ClN4O2. The van der Waals surface area contributed by atoms with Gasteiger partial charge in [-0.1, -0.05) is 41.9 Å². The molecule has 1 fully saturated rings. The zero-order valence-electron chi connectivity index (χ0n) is 16.5. The van der Waals surface area contributed by atoms with Crippen molar-refractivity contribution >= 4 is 29.1 Å². The molecule has 1 unspecified atom stereocenters. The van der Waals surface area contributed by atoms with Crippen LogP contribution < -0.4 is 10.2 Å². The lowest BCUT2D eigenvalue weighted by atomic mass is 10.1. The molecule has 6 nitrogen and oxygen atoms in total. The van der Waals surface area contributed by atoms with Crippen molar-refractivity contribution < 1.29 is 9.59 Å². The Bertz CT molecular complexity index is 1020. The molecule has 1 N–H and O–H groups in total. The highest BCUT2D eigenvalue weighted by molar-refractivity contribution is 6.30. The zero-order chi connectivity index (χ0) is 20.9. The standard InChI is InChI=1S/C23H23ClN4O2/c24-19-7-9-20(10-8-19)28-16-18(15-21(28)29)23(30)26-11-4-13-27-14-12-25-22(27)17-5-2-1-3-6-17/h1-3,5-10,12,14,18H,4,11,13,15-16H2,(H,26,30). The number of aryl methyl sites for hydroxylation is 1. The molecular weight excluding hydrogens is 400 g/mol.